The molecule has 0 spiro atoms. The van der Waals surface area contributed by atoms with E-state index in [1.807, 2.05) is 75.4 Å². The summed E-state index contributed by atoms with van der Waals surface area (Å²) in [6.45, 7) is 14.0. The van der Waals surface area contributed by atoms with Gasteiger partial charge in [0.05, 0.1) is 71.8 Å². The molecule has 2 atom stereocenters. The molecule has 8 rings (SSSR count). The number of hydrogen-bond donors (Lipinski definition) is 2. The normalized spacial score (nSPS) is 11.5. The maximum absolute atomic E-state index is 14.5. The number of ether oxygens (including phenoxy) is 6. The summed E-state index contributed by atoms with van der Waals surface area (Å²) in [6, 6.07) is 27.5. The summed E-state index contributed by atoms with van der Waals surface area (Å²) in [5.41, 5.74) is 5.83. The lowest BCUT2D eigenvalue weighted by molar-refractivity contribution is -0.144. The van der Waals surface area contributed by atoms with E-state index in [2.05, 4.69) is 43.1 Å². The molecule has 4 heterocycles. The number of thiazole rings is 2. The van der Waals surface area contributed by atoms with Gasteiger partial charge in [0.2, 0.25) is 0 Å². The molecule has 4 aromatic heterocycles. The van der Waals surface area contributed by atoms with Gasteiger partial charge in [-0.2, -0.15) is 0 Å². The van der Waals surface area contributed by atoms with Gasteiger partial charge in [0.25, 0.3) is 0 Å². The second-order valence-corrected chi connectivity index (χ2v) is 21.2. The van der Waals surface area contributed by atoms with Crippen molar-refractivity contribution in [2.75, 3.05) is 26.4 Å². The summed E-state index contributed by atoms with van der Waals surface area (Å²) in [5.74, 6) is -0.201. The number of unbranched alkanes of at least 4 members (excludes halogenated alkanes) is 2. The van der Waals surface area contributed by atoms with Gasteiger partial charge in [-0.25, -0.2) is 18.7 Å². The number of aromatic nitrogens is 4. The molecular formula is C58H64BBrF2N4O12S2. The molecule has 0 bridgehead atoms. The van der Waals surface area contributed by atoms with E-state index in [9.17, 15) is 18.4 Å². The van der Waals surface area contributed by atoms with Crippen LogP contribution < -0.4 is 24.4 Å². The molecule has 0 unspecified atom stereocenters. The third kappa shape index (κ3) is 19.1. The fraction of sp³-hybridized carbons (Fsp3) is 0.345. The second-order valence-electron chi connectivity index (χ2n) is 17.8. The number of benzene rings is 4. The van der Waals surface area contributed by atoms with Crippen molar-refractivity contribution in [2.45, 2.75) is 105 Å². The molecule has 0 saturated carbocycles. The maximum Gasteiger partial charge on any atom is 0.488 e. The van der Waals surface area contributed by atoms with Gasteiger partial charge in [-0.05, 0) is 128 Å². The lowest BCUT2D eigenvalue weighted by atomic mass is 9.80. The summed E-state index contributed by atoms with van der Waals surface area (Å²) in [6.07, 6.45) is 7.07. The zero-order valence-corrected chi connectivity index (χ0v) is 48.5. The van der Waals surface area contributed by atoms with Crippen LogP contribution in [0.1, 0.15) is 122 Å². The van der Waals surface area contributed by atoms with Crippen LogP contribution in [0.5, 0.6) is 23.0 Å². The quantitative estimate of drug-likeness (QED) is 0.0294. The predicted octanol–water partition coefficient (Wildman–Crippen LogP) is 12.6. The highest BCUT2D eigenvalue weighted by Gasteiger charge is 2.24. The average Bonchev–Trinajstić information content (AvgIpc) is 4.31. The predicted molar refractivity (Wildman–Crippen MR) is 305 cm³/mol. The van der Waals surface area contributed by atoms with E-state index in [-0.39, 0.29) is 53.6 Å². The smallest absolute Gasteiger partial charge is 0.488 e. The van der Waals surface area contributed by atoms with Gasteiger partial charge in [-0.1, -0.05) is 67.3 Å². The molecule has 2 N–H and O–H groups in total. The molecule has 0 aliphatic rings. The number of aryl methyl sites for hydroxylation is 2. The molecule has 22 heteroatoms. The van der Waals surface area contributed by atoms with Crippen molar-refractivity contribution in [3.63, 3.8) is 0 Å². The van der Waals surface area contributed by atoms with Gasteiger partial charge in [0, 0.05) is 29.5 Å². The number of carbonyl (C=O) groups is 2. The molecule has 0 saturated heterocycles. The zero-order valence-electron chi connectivity index (χ0n) is 45.3. The fourth-order valence-electron chi connectivity index (χ4n) is 7.66. The summed E-state index contributed by atoms with van der Waals surface area (Å²) < 4.78 is 71.4. The largest absolute Gasteiger partial charge is 0.491 e. The Labute approximate surface area is 480 Å². The molecule has 0 aliphatic heterocycles. The fourth-order valence-corrected chi connectivity index (χ4v) is 10.2. The van der Waals surface area contributed by atoms with Crippen molar-refractivity contribution >= 4 is 63.1 Å². The number of hydrogen-bond acceptors (Lipinski definition) is 18. The van der Waals surface area contributed by atoms with E-state index in [4.69, 9.17) is 47.5 Å². The van der Waals surface area contributed by atoms with E-state index in [0.717, 1.165) is 78.7 Å². The topological polar surface area (TPSA) is 208 Å². The third-order valence-electron chi connectivity index (χ3n) is 12.0. The van der Waals surface area contributed by atoms with Gasteiger partial charge in [-0.3, -0.25) is 9.59 Å². The highest BCUT2D eigenvalue weighted by Crippen LogP contribution is 2.34. The van der Waals surface area contributed by atoms with Gasteiger partial charge < -0.3 is 47.5 Å². The first kappa shape index (κ1) is 62.2. The summed E-state index contributed by atoms with van der Waals surface area (Å²) in [5, 5.41) is 26.3. The van der Waals surface area contributed by atoms with Crippen LogP contribution in [0, 0.1) is 25.5 Å². The standard InChI is InChI=1S/C29H31FN2O5S.C19H19BrN2O4S.C10H14BFO3/c1-4-6-14-35-26-12-9-21(16-24(26)30)29-31-19(3)27(38-29)18-36-22-10-7-20(8-11-22)23(17-28(33)34-5-2)25-13-15-37-32-25;1-3-24-18(23)10-15(16-8-9-26-22-16)13-4-6-14(7-5-13)25-11-17-12(2)21-19(20)27-17;1-2-3-6-15-10-5-4-8(11(13)14)7-9(10)12/h7-13,15-16,23H,4-6,14,17-18H2,1-3H3;4-9,15H,3,10-11H2,1-2H3;4-5,7,13-14H,2-3,6H2,1H3/t23-;15-;/m00./s1. The van der Waals surface area contributed by atoms with E-state index in [0.29, 0.717) is 62.3 Å². The Morgan fingerprint density at radius 2 is 1.10 bits per heavy atom. The maximum atomic E-state index is 14.5. The molecule has 0 radical (unpaired) electrons. The lowest BCUT2D eigenvalue weighted by Crippen LogP contribution is -2.30. The molecule has 4 aromatic carbocycles. The summed E-state index contributed by atoms with van der Waals surface area (Å²) in [7, 11) is -1.65. The molecule has 8 aromatic rings. The van der Waals surface area contributed by atoms with E-state index in [1.54, 1.807) is 43.4 Å². The van der Waals surface area contributed by atoms with Crippen LogP contribution >= 0.6 is 38.6 Å². The first-order valence-corrected chi connectivity index (χ1v) is 28.5. The molecule has 0 aliphatic carbocycles. The van der Waals surface area contributed by atoms with E-state index < -0.39 is 18.8 Å². The van der Waals surface area contributed by atoms with Crippen molar-refractivity contribution in [1.29, 1.82) is 0 Å². The Bertz CT molecular complexity index is 3130. The van der Waals surface area contributed by atoms with Crippen LogP contribution in [0.25, 0.3) is 10.6 Å². The number of nitrogens with zero attached hydrogens (tertiary/aromatic N) is 4. The monoisotopic (exact) mass is 1200 g/mol. The Morgan fingerprint density at radius 1 is 0.625 bits per heavy atom. The van der Waals surface area contributed by atoms with Crippen LogP contribution in [0.4, 0.5) is 8.78 Å². The minimum Gasteiger partial charge on any atom is -0.491 e. The van der Waals surface area contributed by atoms with Crippen molar-refractivity contribution < 1.29 is 65.9 Å². The molecule has 0 amide bonds. The third-order valence-corrected chi connectivity index (χ3v) is 14.8. The molecular weight excluding hydrogens is 1140 g/mol. The van der Waals surface area contributed by atoms with E-state index >= 15 is 0 Å². The van der Waals surface area contributed by atoms with Crippen molar-refractivity contribution in [3.05, 3.63) is 169 Å². The average molecular weight is 1200 g/mol. The number of carbonyl (C=O) groups excluding carboxylic acids is 2. The van der Waals surface area contributed by atoms with Gasteiger partial charge in [0.1, 0.15) is 42.2 Å². The SMILES string of the molecule is CCCCOc1ccc(-c2nc(C)c(COc3ccc([C@H](CC(=O)OCC)c4ccon4)cc3)s2)cc1F.CCCCOc1ccc(B(O)O)cc1F.CCOC(=O)C[C@@H](c1ccc(OCc2sc(Br)nc2C)cc1)c1ccon1. The molecule has 0 fully saturated rings. The van der Waals surface area contributed by atoms with Gasteiger partial charge in [0.15, 0.2) is 27.1 Å². The Kier molecular flexibility index (Phi) is 25.1. The Balaban J connectivity index is 0.000000213. The minimum atomic E-state index is -1.65. The molecule has 80 heavy (non-hydrogen) atoms. The van der Waals surface area contributed by atoms with Crippen molar-refractivity contribution in [3.8, 4) is 33.6 Å². The lowest BCUT2D eigenvalue weighted by Gasteiger charge is -2.15. The number of halogens is 3. The summed E-state index contributed by atoms with van der Waals surface area (Å²) >= 11 is 6.42. The van der Waals surface area contributed by atoms with Gasteiger partial charge >= 0.3 is 19.1 Å². The number of rotatable bonds is 26. The van der Waals surface area contributed by atoms with Crippen LogP contribution in [0.2, 0.25) is 0 Å². The van der Waals surface area contributed by atoms with Crippen LogP contribution in [0.15, 0.2) is 123 Å². The second kappa shape index (κ2) is 32.3. The minimum absolute atomic E-state index is 0.121. The van der Waals surface area contributed by atoms with Crippen LogP contribution in [-0.2, 0) is 32.3 Å². The first-order valence-electron chi connectivity index (χ1n) is 26.1. The van der Waals surface area contributed by atoms with Crippen LogP contribution in [0.3, 0.4) is 0 Å². The zero-order chi connectivity index (χ0) is 57.4. The Morgan fingerprint density at radius 3 is 1.51 bits per heavy atom. The van der Waals surface area contributed by atoms with Crippen molar-refractivity contribution in [2.24, 2.45) is 0 Å². The number of esters is 2. The highest BCUT2D eigenvalue weighted by molar-refractivity contribution is 9.11. The van der Waals surface area contributed by atoms with E-state index in [1.165, 1.54) is 42.1 Å². The summed E-state index contributed by atoms with van der Waals surface area (Å²) in [4.78, 5) is 35.1. The first-order chi connectivity index (χ1) is 38.7. The Hall–Kier alpha value is -6.98. The molecule has 16 nitrogen and oxygen atoms in total. The molecule has 424 valence electrons. The highest BCUT2D eigenvalue weighted by atomic mass is 79.9. The van der Waals surface area contributed by atoms with Crippen LogP contribution in [-0.4, -0.2) is 75.8 Å². The van der Waals surface area contributed by atoms with Crippen molar-refractivity contribution in [1.82, 2.24) is 20.3 Å². The van der Waals surface area contributed by atoms with Gasteiger partial charge in [-0.15, -0.1) is 22.7 Å².